The summed E-state index contributed by atoms with van der Waals surface area (Å²) in [6.45, 7) is 4.32. The number of methoxy groups -OCH3 is 1. The first kappa shape index (κ1) is 14.2. The van der Waals surface area contributed by atoms with Gasteiger partial charge in [0.15, 0.2) is 0 Å². The molecule has 0 spiro atoms. The standard InChI is InChI=1S/C14H23NO2/c1-16-13-10-15-9-5-11-17-12-8-14-6-3-2-4-7-14/h2-4,6-7,15H,5,8-13H2,1H3. The topological polar surface area (TPSA) is 30.5 Å². The molecule has 1 N–H and O–H groups in total. The summed E-state index contributed by atoms with van der Waals surface area (Å²) in [5, 5.41) is 3.29. The van der Waals surface area contributed by atoms with Crippen LogP contribution in [0.3, 0.4) is 0 Å². The van der Waals surface area contributed by atoms with E-state index in [-0.39, 0.29) is 0 Å². The third-order valence-electron chi connectivity index (χ3n) is 2.50. The first-order chi connectivity index (χ1) is 8.43. The molecule has 0 fully saturated rings. The zero-order chi connectivity index (χ0) is 12.2. The second-order valence-corrected chi connectivity index (χ2v) is 3.94. The Bertz CT molecular complexity index is 264. The van der Waals surface area contributed by atoms with Gasteiger partial charge in [0.05, 0.1) is 13.2 Å². The van der Waals surface area contributed by atoms with Crippen molar-refractivity contribution >= 4 is 0 Å². The van der Waals surface area contributed by atoms with Gasteiger partial charge in [-0.15, -0.1) is 0 Å². The van der Waals surface area contributed by atoms with Gasteiger partial charge in [-0.05, 0) is 24.9 Å². The van der Waals surface area contributed by atoms with Crippen molar-refractivity contribution in [3.63, 3.8) is 0 Å². The molecular weight excluding hydrogens is 214 g/mol. The van der Waals surface area contributed by atoms with E-state index in [0.29, 0.717) is 0 Å². The maximum absolute atomic E-state index is 5.57. The molecule has 1 rings (SSSR count). The Morgan fingerprint density at radius 2 is 1.82 bits per heavy atom. The molecule has 3 nitrogen and oxygen atoms in total. The van der Waals surface area contributed by atoms with Gasteiger partial charge in [-0.1, -0.05) is 30.3 Å². The lowest BCUT2D eigenvalue weighted by Gasteiger charge is -2.05. The normalized spacial score (nSPS) is 10.6. The van der Waals surface area contributed by atoms with Crippen LogP contribution in [0.15, 0.2) is 30.3 Å². The third kappa shape index (κ3) is 7.91. The number of hydrogen-bond donors (Lipinski definition) is 1. The number of rotatable bonds is 10. The molecular formula is C14H23NO2. The minimum atomic E-state index is 0.773. The quantitative estimate of drug-likeness (QED) is 0.630. The zero-order valence-corrected chi connectivity index (χ0v) is 10.7. The average molecular weight is 237 g/mol. The van der Waals surface area contributed by atoms with Gasteiger partial charge in [0, 0.05) is 20.3 Å². The molecule has 17 heavy (non-hydrogen) atoms. The molecule has 0 saturated carbocycles. The molecule has 0 aliphatic heterocycles. The maximum Gasteiger partial charge on any atom is 0.0587 e. The van der Waals surface area contributed by atoms with Gasteiger partial charge in [-0.25, -0.2) is 0 Å². The average Bonchev–Trinajstić information content (AvgIpc) is 2.38. The van der Waals surface area contributed by atoms with Crippen LogP contribution in [0.1, 0.15) is 12.0 Å². The van der Waals surface area contributed by atoms with Crippen molar-refractivity contribution in [1.82, 2.24) is 5.32 Å². The second-order valence-electron chi connectivity index (χ2n) is 3.94. The highest BCUT2D eigenvalue weighted by Crippen LogP contribution is 1.99. The lowest BCUT2D eigenvalue weighted by atomic mass is 10.2. The van der Waals surface area contributed by atoms with Crippen LogP contribution in [-0.4, -0.2) is 40.0 Å². The summed E-state index contributed by atoms with van der Waals surface area (Å²) in [4.78, 5) is 0. The lowest BCUT2D eigenvalue weighted by Crippen LogP contribution is -2.21. The Morgan fingerprint density at radius 1 is 1.00 bits per heavy atom. The van der Waals surface area contributed by atoms with Crippen LogP contribution in [-0.2, 0) is 15.9 Å². The fourth-order valence-corrected chi connectivity index (χ4v) is 1.54. The van der Waals surface area contributed by atoms with E-state index in [9.17, 15) is 0 Å². The summed E-state index contributed by atoms with van der Waals surface area (Å²) in [6, 6.07) is 10.4. The molecule has 0 radical (unpaired) electrons. The fourth-order valence-electron chi connectivity index (χ4n) is 1.54. The Balaban J connectivity index is 1.85. The Labute approximate surface area is 104 Å². The Kier molecular flexibility index (Phi) is 8.55. The lowest BCUT2D eigenvalue weighted by molar-refractivity contribution is 0.133. The van der Waals surface area contributed by atoms with E-state index in [2.05, 4.69) is 29.6 Å². The summed E-state index contributed by atoms with van der Waals surface area (Å²) in [5.74, 6) is 0. The number of ether oxygens (including phenoxy) is 2. The maximum atomic E-state index is 5.57. The van der Waals surface area contributed by atoms with E-state index in [1.54, 1.807) is 7.11 Å². The van der Waals surface area contributed by atoms with Gasteiger partial charge in [-0.2, -0.15) is 0 Å². The zero-order valence-electron chi connectivity index (χ0n) is 10.7. The van der Waals surface area contributed by atoms with Crippen LogP contribution in [0.2, 0.25) is 0 Å². The summed E-state index contributed by atoms with van der Waals surface area (Å²) in [6.07, 6.45) is 2.05. The number of hydrogen-bond acceptors (Lipinski definition) is 3. The molecule has 1 aromatic rings. The smallest absolute Gasteiger partial charge is 0.0587 e. The van der Waals surface area contributed by atoms with E-state index in [1.807, 2.05) is 6.07 Å². The van der Waals surface area contributed by atoms with E-state index in [1.165, 1.54) is 5.56 Å². The molecule has 96 valence electrons. The molecule has 1 aromatic carbocycles. The largest absolute Gasteiger partial charge is 0.383 e. The molecule has 0 aliphatic rings. The molecule has 0 heterocycles. The van der Waals surface area contributed by atoms with Crippen LogP contribution >= 0.6 is 0 Å². The van der Waals surface area contributed by atoms with Crippen LogP contribution in [0, 0.1) is 0 Å². The fraction of sp³-hybridized carbons (Fsp3) is 0.571. The SMILES string of the molecule is COCCNCCCOCCc1ccccc1. The van der Waals surface area contributed by atoms with Crippen molar-refractivity contribution in [2.24, 2.45) is 0 Å². The minimum absolute atomic E-state index is 0.773. The van der Waals surface area contributed by atoms with E-state index < -0.39 is 0 Å². The third-order valence-corrected chi connectivity index (χ3v) is 2.50. The van der Waals surface area contributed by atoms with Crippen LogP contribution in [0.25, 0.3) is 0 Å². The van der Waals surface area contributed by atoms with Crippen molar-refractivity contribution in [3.05, 3.63) is 35.9 Å². The van der Waals surface area contributed by atoms with Crippen LogP contribution in [0.4, 0.5) is 0 Å². The predicted octanol–water partition coefficient (Wildman–Crippen LogP) is 1.87. The summed E-state index contributed by atoms with van der Waals surface area (Å²) in [5.41, 5.74) is 1.34. The molecule has 0 bridgehead atoms. The molecule has 0 saturated heterocycles. The summed E-state index contributed by atoms with van der Waals surface area (Å²) >= 11 is 0. The van der Waals surface area contributed by atoms with E-state index >= 15 is 0 Å². The molecule has 0 atom stereocenters. The van der Waals surface area contributed by atoms with Crippen LogP contribution < -0.4 is 5.32 Å². The van der Waals surface area contributed by atoms with Crippen molar-refractivity contribution in [2.75, 3.05) is 40.0 Å². The number of nitrogens with one attached hydrogen (secondary N) is 1. The monoisotopic (exact) mass is 237 g/mol. The molecule has 3 heteroatoms. The number of benzene rings is 1. The molecule has 0 unspecified atom stereocenters. The van der Waals surface area contributed by atoms with E-state index in [0.717, 1.165) is 45.8 Å². The first-order valence-electron chi connectivity index (χ1n) is 6.25. The van der Waals surface area contributed by atoms with Gasteiger partial charge in [-0.3, -0.25) is 0 Å². The van der Waals surface area contributed by atoms with Crippen molar-refractivity contribution in [3.8, 4) is 0 Å². The Morgan fingerprint density at radius 3 is 2.59 bits per heavy atom. The first-order valence-corrected chi connectivity index (χ1v) is 6.25. The second kappa shape index (κ2) is 10.3. The van der Waals surface area contributed by atoms with Gasteiger partial charge >= 0.3 is 0 Å². The van der Waals surface area contributed by atoms with Crippen molar-refractivity contribution in [2.45, 2.75) is 12.8 Å². The van der Waals surface area contributed by atoms with Gasteiger partial charge < -0.3 is 14.8 Å². The Hall–Kier alpha value is -0.900. The van der Waals surface area contributed by atoms with Crippen molar-refractivity contribution in [1.29, 1.82) is 0 Å². The summed E-state index contributed by atoms with van der Waals surface area (Å²) < 4.78 is 10.5. The van der Waals surface area contributed by atoms with Gasteiger partial charge in [0.1, 0.15) is 0 Å². The molecule has 0 aliphatic carbocycles. The van der Waals surface area contributed by atoms with Gasteiger partial charge in [0.2, 0.25) is 0 Å². The van der Waals surface area contributed by atoms with E-state index in [4.69, 9.17) is 9.47 Å². The summed E-state index contributed by atoms with van der Waals surface area (Å²) in [7, 11) is 1.72. The van der Waals surface area contributed by atoms with Crippen LogP contribution in [0.5, 0.6) is 0 Å². The predicted molar refractivity (Wildman–Crippen MR) is 70.3 cm³/mol. The highest BCUT2D eigenvalue weighted by molar-refractivity contribution is 5.14. The minimum Gasteiger partial charge on any atom is -0.383 e. The van der Waals surface area contributed by atoms with Gasteiger partial charge in [0.25, 0.3) is 0 Å². The highest BCUT2D eigenvalue weighted by Gasteiger charge is 1.92. The highest BCUT2D eigenvalue weighted by atomic mass is 16.5. The van der Waals surface area contributed by atoms with Crippen molar-refractivity contribution < 1.29 is 9.47 Å². The molecule has 0 amide bonds. The molecule has 0 aromatic heterocycles.